The Kier molecular flexibility index (Phi) is 8.80. The van der Waals surface area contributed by atoms with E-state index in [0.717, 1.165) is 26.4 Å². The molecular weight excluding hydrogens is 542 g/mol. The fraction of sp³-hybridized carbons (Fsp3) is 0.407. The maximum atomic E-state index is 11.9. The topological polar surface area (TPSA) is 120 Å². The smallest absolute Gasteiger partial charge is 0.407 e. The van der Waals surface area contributed by atoms with Crippen molar-refractivity contribution in [3.05, 3.63) is 48.7 Å². The summed E-state index contributed by atoms with van der Waals surface area (Å²) in [5, 5.41) is 9.29. The standard InChI is InChI=1S/C27H33N3O7S2/c1-27(2,3)30(26(31)32)10-11-35-12-13-36-14-15-37-20-7-5-6-19(16-20)22-18-29-23-9-8-21(39(4,33)34)17-24(23)38-25(29)28-22/h5-9,16-18H,10-15H2,1-4H3,(H,31,32). The van der Waals surface area contributed by atoms with E-state index in [4.69, 9.17) is 19.2 Å². The van der Waals surface area contributed by atoms with Crippen LogP contribution in [0.5, 0.6) is 5.75 Å². The van der Waals surface area contributed by atoms with Crippen LogP contribution in [-0.4, -0.2) is 85.3 Å². The number of fused-ring (bicyclic) bond motifs is 3. The first kappa shape index (κ1) is 28.8. The van der Waals surface area contributed by atoms with E-state index in [9.17, 15) is 18.3 Å². The number of thiazole rings is 1. The first-order chi connectivity index (χ1) is 18.4. The monoisotopic (exact) mass is 575 g/mol. The summed E-state index contributed by atoms with van der Waals surface area (Å²) in [6, 6.07) is 12.8. The van der Waals surface area contributed by atoms with Crippen LogP contribution in [0.2, 0.25) is 0 Å². The molecule has 1 N–H and O–H groups in total. The third-order valence-electron chi connectivity index (χ3n) is 5.99. The van der Waals surface area contributed by atoms with Gasteiger partial charge in [-0.25, -0.2) is 18.2 Å². The molecule has 0 saturated heterocycles. The predicted octanol–water partition coefficient (Wildman–Crippen LogP) is 4.81. The summed E-state index contributed by atoms with van der Waals surface area (Å²) in [7, 11) is -3.27. The van der Waals surface area contributed by atoms with Gasteiger partial charge in [0.05, 0.1) is 47.2 Å². The van der Waals surface area contributed by atoms with Gasteiger partial charge in [0.15, 0.2) is 14.8 Å². The molecule has 4 aromatic rings. The summed E-state index contributed by atoms with van der Waals surface area (Å²) < 4.78 is 43.5. The molecule has 2 aromatic heterocycles. The van der Waals surface area contributed by atoms with Crippen LogP contribution in [0, 0.1) is 0 Å². The van der Waals surface area contributed by atoms with Crippen LogP contribution in [0.25, 0.3) is 26.4 Å². The quantitative estimate of drug-likeness (QED) is 0.239. The van der Waals surface area contributed by atoms with Crippen molar-refractivity contribution in [1.82, 2.24) is 14.3 Å². The Balaban J connectivity index is 1.24. The van der Waals surface area contributed by atoms with Crippen LogP contribution >= 0.6 is 11.3 Å². The largest absolute Gasteiger partial charge is 0.491 e. The average Bonchev–Trinajstić information content (AvgIpc) is 3.41. The van der Waals surface area contributed by atoms with Gasteiger partial charge in [-0.05, 0) is 51.1 Å². The normalized spacial score (nSPS) is 12.3. The van der Waals surface area contributed by atoms with Crippen molar-refractivity contribution < 1.29 is 32.5 Å². The van der Waals surface area contributed by atoms with Gasteiger partial charge in [-0.3, -0.25) is 4.40 Å². The number of carboxylic acid groups (broad SMARTS) is 1. The van der Waals surface area contributed by atoms with Gasteiger partial charge < -0.3 is 24.2 Å². The van der Waals surface area contributed by atoms with Crippen LogP contribution in [0.3, 0.4) is 0 Å². The van der Waals surface area contributed by atoms with Crippen molar-refractivity contribution in [1.29, 1.82) is 0 Å². The first-order valence-electron chi connectivity index (χ1n) is 12.4. The minimum Gasteiger partial charge on any atom is -0.491 e. The van der Waals surface area contributed by atoms with Crippen LogP contribution in [-0.2, 0) is 19.3 Å². The Morgan fingerprint density at radius 3 is 2.46 bits per heavy atom. The van der Waals surface area contributed by atoms with Gasteiger partial charge in [0.2, 0.25) is 0 Å². The number of aromatic nitrogens is 2. The summed E-state index contributed by atoms with van der Waals surface area (Å²) in [6.45, 7) is 7.65. The van der Waals surface area contributed by atoms with Gasteiger partial charge in [0, 0.05) is 30.1 Å². The van der Waals surface area contributed by atoms with E-state index < -0.39 is 21.5 Å². The fourth-order valence-corrected chi connectivity index (χ4v) is 5.78. The molecule has 210 valence electrons. The maximum Gasteiger partial charge on any atom is 0.407 e. The zero-order valence-electron chi connectivity index (χ0n) is 22.4. The van der Waals surface area contributed by atoms with Gasteiger partial charge in [-0.15, -0.1) is 0 Å². The van der Waals surface area contributed by atoms with E-state index in [0.29, 0.717) is 50.2 Å². The molecule has 39 heavy (non-hydrogen) atoms. The minimum absolute atomic E-state index is 0.296. The maximum absolute atomic E-state index is 11.9. The van der Waals surface area contributed by atoms with E-state index in [2.05, 4.69) is 0 Å². The van der Waals surface area contributed by atoms with Crippen LogP contribution in [0.15, 0.2) is 53.6 Å². The van der Waals surface area contributed by atoms with Gasteiger partial charge in [0.1, 0.15) is 12.4 Å². The number of hydrogen-bond acceptors (Lipinski definition) is 8. The summed E-state index contributed by atoms with van der Waals surface area (Å²) in [5.74, 6) is 0.697. The molecule has 0 saturated carbocycles. The van der Waals surface area contributed by atoms with Crippen LogP contribution < -0.4 is 4.74 Å². The lowest BCUT2D eigenvalue weighted by atomic mass is 10.1. The summed E-state index contributed by atoms with van der Waals surface area (Å²) in [5.41, 5.74) is 2.13. The van der Waals surface area contributed by atoms with Crippen molar-refractivity contribution >= 4 is 42.4 Å². The lowest BCUT2D eigenvalue weighted by Crippen LogP contribution is -2.46. The minimum atomic E-state index is -3.27. The Morgan fingerprint density at radius 1 is 1.05 bits per heavy atom. The number of carbonyl (C=O) groups is 1. The summed E-state index contributed by atoms with van der Waals surface area (Å²) >= 11 is 1.44. The first-order valence-corrected chi connectivity index (χ1v) is 15.2. The number of benzene rings is 2. The highest BCUT2D eigenvalue weighted by atomic mass is 32.2. The van der Waals surface area contributed by atoms with Gasteiger partial charge in [0.25, 0.3) is 0 Å². The molecule has 1 amide bonds. The molecule has 4 rings (SSSR count). The molecule has 0 aliphatic heterocycles. The van der Waals surface area contributed by atoms with E-state index in [1.165, 1.54) is 22.5 Å². The molecular formula is C27H33N3O7S2. The zero-order chi connectivity index (χ0) is 28.2. The molecule has 10 nitrogen and oxygen atoms in total. The molecule has 0 fully saturated rings. The van der Waals surface area contributed by atoms with Crippen molar-refractivity contribution in [2.75, 3.05) is 45.8 Å². The molecule has 12 heteroatoms. The third-order valence-corrected chi connectivity index (χ3v) is 8.12. The van der Waals surface area contributed by atoms with Gasteiger partial charge in [-0.1, -0.05) is 23.5 Å². The lowest BCUT2D eigenvalue weighted by molar-refractivity contribution is 0.0209. The Morgan fingerprint density at radius 2 is 1.77 bits per heavy atom. The number of nitrogens with zero attached hydrogens (tertiary/aromatic N) is 3. The number of rotatable bonds is 12. The van der Waals surface area contributed by atoms with E-state index in [1.54, 1.807) is 12.1 Å². The molecule has 0 aliphatic rings. The fourth-order valence-electron chi connectivity index (χ4n) is 4.01. The summed E-state index contributed by atoms with van der Waals surface area (Å²) in [4.78, 5) is 18.5. The zero-order valence-corrected chi connectivity index (χ0v) is 24.0. The second-order valence-electron chi connectivity index (χ2n) is 9.99. The number of ether oxygens (including phenoxy) is 3. The number of sulfone groups is 1. The molecule has 0 spiro atoms. The van der Waals surface area contributed by atoms with Crippen molar-refractivity contribution in [2.24, 2.45) is 0 Å². The molecule has 0 aliphatic carbocycles. The third kappa shape index (κ3) is 7.27. The van der Waals surface area contributed by atoms with Gasteiger partial charge >= 0.3 is 6.09 Å². The average molecular weight is 576 g/mol. The van der Waals surface area contributed by atoms with Crippen LogP contribution in [0.4, 0.5) is 4.79 Å². The predicted molar refractivity (Wildman–Crippen MR) is 151 cm³/mol. The van der Waals surface area contributed by atoms with Crippen molar-refractivity contribution in [3.8, 4) is 17.0 Å². The Hall–Kier alpha value is -3.19. The molecule has 0 radical (unpaired) electrons. The van der Waals surface area contributed by atoms with Crippen molar-refractivity contribution in [2.45, 2.75) is 31.2 Å². The summed E-state index contributed by atoms with van der Waals surface area (Å²) in [6.07, 6.45) is 2.18. The SMILES string of the molecule is CC(C)(C)N(CCOCCOCCOc1cccc(-c2cn3c(n2)sc2cc(S(C)(=O)=O)ccc23)c1)C(=O)O. The van der Waals surface area contributed by atoms with E-state index in [1.807, 2.05) is 61.7 Å². The molecule has 2 heterocycles. The van der Waals surface area contributed by atoms with E-state index >= 15 is 0 Å². The molecule has 0 atom stereocenters. The highest BCUT2D eigenvalue weighted by Crippen LogP contribution is 2.32. The van der Waals surface area contributed by atoms with Crippen LogP contribution in [0.1, 0.15) is 20.8 Å². The molecule has 2 aromatic carbocycles. The molecule has 0 bridgehead atoms. The Bertz CT molecular complexity index is 1550. The Labute approximate surface area is 231 Å². The van der Waals surface area contributed by atoms with Gasteiger partial charge in [-0.2, -0.15) is 0 Å². The highest BCUT2D eigenvalue weighted by Gasteiger charge is 2.25. The number of amides is 1. The second kappa shape index (κ2) is 11.9. The van der Waals surface area contributed by atoms with Crippen molar-refractivity contribution in [3.63, 3.8) is 0 Å². The number of imidazole rings is 1. The van der Waals surface area contributed by atoms with E-state index in [-0.39, 0.29) is 0 Å². The lowest BCUT2D eigenvalue weighted by Gasteiger charge is -2.32. The highest BCUT2D eigenvalue weighted by molar-refractivity contribution is 7.90. The number of hydrogen-bond donors (Lipinski definition) is 1. The second-order valence-corrected chi connectivity index (χ2v) is 13.0. The molecule has 0 unspecified atom stereocenters.